The average molecular weight is 293 g/mol. The Morgan fingerprint density at radius 1 is 1.43 bits per heavy atom. The third kappa shape index (κ3) is 3.80. The summed E-state index contributed by atoms with van der Waals surface area (Å²) in [5.41, 5.74) is 0.267. The van der Waals surface area contributed by atoms with E-state index < -0.39 is 11.9 Å². The molecule has 1 unspecified atom stereocenters. The van der Waals surface area contributed by atoms with E-state index in [-0.39, 0.29) is 17.4 Å². The van der Waals surface area contributed by atoms with Gasteiger partial charge in [-0.1, -0.05) is 19.4 Å². The van der Waals surface area contributed by atoms with Crippen molar-refractivity contribution in [1.29, 1.82) is 0 Å². The minimum absolute atomic E-state index is 0.267. The maximum absolute atomic E-state index is 13.2. The summed E-state index contributed by atoms with van der Waals surface area (Å²) in [6.45, 7) is 2.90. The molecule has 0 radical (unpaired) electrons. The molecule has 21 heavy (non-hydrogen) atoms. The van der Waals surface area contributed by atoms with E-state index in [1.807, 2.05) is 6.92 Å². The summed E-state index contributed by atoms with van der Waals surface area (Å²) in [5, 5.41) is 0. The number of esters is 1. The quantitative estimate of drug-likeness (QED) is 0.619. The van der Waals surface area contributed by atoms with Gasteiger partial charge in [-0.2, -0.15) is 0 Å². The predicted octanol–water partition coefficient (Wildman–Crippen LogP) is 2.77. The van der Waals surface area contributed by atoms with E-state index in [1.54, 1.807) is 6.07 Å². The Hall–Kier alpha value is -1.91. The van der Waals surface area contributed by atoms with Crippen LogP contribution in [0.1, 0.15) is 43.0 Å². The number of hydrogen-bond donors (Lipinski definition) is 0. The highest BCUT2D eigenvalue weighted by Crippen LogP contribution is 2.21. The second kappa shape index (κ2) is 7.20. The second-order valence-electron chi connectivity index (χ2n) is 5.19. The molecule has 2 rings (SSSR count). The molecule has 1 saturated heterocycles. The van der Waals surface area contributed by atoms with Crippen LogP contribution in [0, 0.1) is 5.82 Å². The van der Waals surface area contributed by atoms with E-state index in [9.17, 15) is 14.0 Å². The van der Waals surface area contributed by atoms with Gasteiger partial charge >= 0.3 is 5.97 Å². The van der Waals surface area contributed by atoms with Crippen LogP contribution in [0.5, 0.6) is 0 Å². The maximum Gasteiger partial charge on any atom is 0.328 e. The number of carbonyl (C=O) groups is 2. The summed E-state index contributed by atoms with van der Waals surface area (Å²) in [7, 11) is 0. The molecule has 0 bridgehead atoms. The third-order valence-corrected chi connectivity index (χ3v) is 3.60. The lowest BCUT2D eigenvalue weighted by Gasteiger charge is -2.23. The van der Waals surface area contributed by atoms with Gasteiger partial charge in [-0.3, -0.25) is 4.79 Å². The largest absolute Gasteiger partial charge is 0.464 e. The van der Waals surface area contributed by atoms with Gasteiger partial charge < -0.3 is 9.64 Å². The highest BCUT2D eigenvalue weighted by atomic mass is 19.1. The van der Waals surface area contributed by atoms with Gasteiger partial charge in [0.1, 0.15) is 11.9 Å². The fraction of sp³-hybridized carbons (Fsp3) is 0.500. The fourth-order valence-electron chi connectivity index (χ4n) is 2.46. The van der Waals surface area contributed by atoms with Crippen LogP contribution in [0.15, 0.2) is 24.3 Å². The van der Waals surface area contributed by atoms with Crippen LogP contribution in [0.4, 0.5) is 4.39 Å². The molecule has 1 aromatic carbocycles. The van der Waals surface area contributed by atoms with Crippen molar-refractivity contribution in [1.82, 2.24) is 4.90 Å². The normalized spacial score (nSPS) is 17.8. The molecule has 0 saturated carbocycles. The molecule has 0 spiro atoms. The zero-order chi connectivity index (χ0) is 15.2. The van der Waals surface area contributed by atoms with E-state index in [0.29, 0.717) is 19.6 Å². The number of carbonyl (C=O) groups excluding carboxylic acids is 2. The number of nitrogens with zero attached hydrogens (tertiary/aromatic N) is 1. The lowest BCUT2D eigenvalue weighted by atomic mass is 10.1. The molecule has 0 aromatic heterocycles. The summed E-state index contributed by atoms with van der Waals surface area (Å²) in [4.78, 5) is 25.9. The van der Waals surface area contributed by atoms with Crippen LogP contribution < -0.4 is 0 Å². The van der Waals surface area contributed by atoms with Crippen molar-refractivity contribution < 1.29 is 18.7 Å². The van der Waals surface area contributed by atoms with E-state index >= 15 is 0 Å². The summed E-state index contributed by atoms with van der Waals surface area (Å²) in [6, 6.07) is 4.99. The average Bonchev–Trinajstić information content (AvgIpc) is 2.96. The lowest BCUT2D eigenvalue weighted by molar-refractivity contribution is -0.148. The van der Waals surface area contributed by atoms with Crippen molar-refractivity contribution in [3.8, 4) is 0 Å². The van der Waals surface area contributed by atoms with Crippen LogP contribution in [0.25, 0.3) is 0 Å². The Morgan fingerprint density at radius 3 is 2.95 bits per heavy atom. The van der Waals surface area contributed by atoms with Crippen molar-refractivity contribution in [2.45, 2.75) is 38.6 Å². The molecule has 1 aromatic rings. The Bertz CT molecular complexity index is 518. The minimum atomic E-state index is -0.544. The zero-order valence-corrected chi connectivity index (χ0v) is 12.2. The number of halogens is 1. The highest BCUT2D eigenvalue weighted by molar-refractivity contribution is 5.97. The van der Waals surface area contributed by atoms with E-state index in [4.69, 9.17) is 4.74 Å². The first kappa shape index (κ1) is 15.5. The highest BCUT2D eigenvalue weighted by Gasteiger charge is 2.35. The van der Waals surface area contributed by atoms with Gasteiger partial charge in [-0.25, -0.2) is 9.18 Å². The third-order valence-electron chi connectivity index (χ3n) is 3.60. The van der Waals surface area contributed by atoms with Crippen molar-refractivity contribution in [3.63, 3.8) is 0 Å². The van der Waals surface area contributed by atoms with Gasteiger partial charge in [0, 0.05) is 12.1 Å². The molecular weight excluding hydrogens is 273 g/mol. The van der Waals surface area contributed by atoms with Crippen LogP contribution in [-0.2, 0) is 9.53 Å². The molecule has 5 heteroatoms. The van der Waals surface area contributed by atoms with Crippen LogP contribution in [-0.4, -0.2) is 36.0 Å². The lowest BCUT2D eigenvalue weighted by Crippen LogP contribution is -2.41. The van der Waals surface area contributed by atoms with Crippen LogP contribution >= 0.6 is 0 Å². The molecule has 1 heterocycles. The first-order valence-electron chi connectivity index (χ1n) is 7.36. The Morgan fingerprint density at radius 2 is 2.24 bits per heavy atom. The van der Waals surface area contributed by atoms with E-state index in [0.717, 1.165) is 19.3 Å². The van der Waals surface area contributed by atoms with Crippen molar-refractivity contribution >= 4 is 11.9 Å². The standard InChI is InChI=1S/C16H20FNO3/c1-2-3-10-21-16(20)14-8-5-9-18(14)15(19)12-6-4-7-13(17)11-12/h4,6-7,11,14H,2-3,5,8-10H2,1H3. The zero-order valence-electron chi connectivity index (χ0n) is 12.2. The first-order chi connectivity index (χ1) is 10.1. The van der Waals surface area contributed by atoms with Crippen LogP contribution in [0.3, 0.4) is 0 Å². The maximum atomic E-state index is 13.2. The predicted molar refractivity (Wildman–Crippen MR) is 76.3 cm³/mol. The van der Waals surface area contributed by atoms with Gasteiger partial charge in [0.25, 0.3) is 5.91 Å². The van der Waals surface area contributed by atoms with Gasteiger partial charge in [0.2, 0.25) is 0 Å². The number of amides is 1. The number of hydrogen-bond acceptors (Lipinski definition) is 3. The summed E-state index contributed by atoms with van der Waals surface area (Å²) in [5.74, 6) is -1.13. The number of benzene rings is 1. The summed E-state index contributed by atoms with van der Waals surface area (Å²) in [6.07, 6.45) is 3.13. The van der Waals surface area contributed by atoms with Crippen molar-refractivity contribution in [2.24, 2.45) is 0 Å². The SMILES string of the molecule is CCCCOC(=O)C1CCCN1C(=O)c1cccc(F)c1. The van der Waals surface area contributed by atoms with Crippen molar-refractivity contribution in [2.75, 3.05) is 13.2 Å². The van der Waals surface area contributed by atoms with Crippen LogP contribution in [0.2, 0.25) is 0 Å². The monoisotopic (exact) mass is 293 g/mol. The summed E-state index contributed by atoms with van der Waals surface area (Å²) >= 11 is 0. The Kier molecular flexibility index (Phi) is 5.31. The number of rotatable bonds is 5. The van der Waals surface area contributed by atoms with Crippen molar-refractivity contribution in [3.05, 3.63) is 35.6 Å². The Labute approximate surface area is 123 Å². The molecule has 1 aliphatic heterocycles. The minimum Gasteiger partial charge on any atom is -0.464 e. The molecule has 1 aliphatic rings. The second-order valence-corrected chi connectivity index (χ2v) is 5.19. The fourth-order valence-corrected chi connectivity index (χ4v) is 2.46. The van der Waals surface area contributed by atoms with E-state index in [2.05, 4.69) is 0 Å². The topological polar surface area (TPSA) is 46.6 Å². The molecular formula is C16H20FNO3. The number of ether oxygens (including phenoxy) is 1. The number of unbranched alkanes of at least 4 members (excludes halogenated alkanes) is 1. The van der Waals surface area contributed by atoms with Gasteiger partial charge in [-0.05, 0) is 37.5 Å². The van der Waals surface area contributed by atoms with Gasteiger partial charge in [0.05, 0.1) is 6.61 Å². The molecule has 1 fully saturated rings. The molecule has 1 atom stereocenters. The van der Waals surface area contributed by atoms with Gasteiger partial charge in [0.15, 0.2) is 0 Å². The number of likely N-dealkylation sites (tertiary alicyclic amines) is 1. The molecule has 0 aliphatic carbocycles. The summed E-state index contributed by atoms with van der Waals surface area (Å²) < 4.78 is 18.4. The first-order valence-corrected chi connectivity index (χ1v) is 7.36. The Balaban J connectivity index is 2.04. The molecule has 114 valence electrons. The smallest absolute Gasteiger partial charge is 0.328 e. The van der Waals surface area contributed by atoms with Gasteiger partial charge in [-0.15, -0.1) is 0 Å². The molecule has 4 nitrogen and oxygen atoms in total. The molecule has 1 amide bonds. The van der Waals surface area contributed by atoms with E-state index in [1.165, 1.54) is 23.1 Å². The molecule has 0 N–H and O–H groups in total.